The second kappa shape index (κ2) is 6.24. The molecule has 0 aliphatic heterocycles. The van der Waals surface area contributed by atoms with Gasteiger partial charge < -0.3 is 14.5 Å². The summed E-state index contributed by atoms with van der Waals surface area (Å²) in [5.41, 5.74) is 0.784. The summed E-state index contributed by atoms with van der Waals surface area (Å²) >= 11 is 0. The number of ether oxygens (including phenoxy) is 1. The highest BCUT2D eigenvalue weighted by atomic mass is 16.5. The molecule has 0 aliphatic rings. The number of carbonyl (C=O) groups excluding carboxylic acids is 1. The fourth-order valence-electron chi connectivity index (χ4n) is 1.66. The molecule has 0 radical (unpaired) electrons. The van der Waals surface area contributed by atoms with Gasteiger partial charge >= 0.3 is 5.97 Å². The summed E-state index contributed by atoms with van der Waals surface area (Å²) < 4.78 is 10.2. The molecule has 0 aliphatic carbocycles. The lowest BCUT2D eigenvalue weighted by Crippen LogP contribution is -2.29. The van der Waals surface area contributed by atoms with Gasteiger partial charge in [-0.2, -0.15) is 0 Å². The first-order valence-corrected chi connectivity index (χ1v) is 6.64. The molecule has 1 heterocycles. The van der Waals surface area contributed by atoms with Crippen LogP contribution in [0.15, 0.2) is 10.5 Å². The molecule has 108 valence electrons. The second-order valence-electron chi connectivity index (χ2n) is 6.07. The molecule has 1 aromatic rings. The van der Waals surface area contributed by atoms with E-state index in [1.54, 1.807) is 13.0 Å². The third-order valence-corrected chi connectivity index (χ3v) is 3.60. The molecule has 0 amide bonds. The van der Waals surface area contributed by atoms with Crippen LogP contribution in [0.3, 0.4) is 0 Å². The van der Waals surface area contributed by atoms with Crippen LogP contribution in [-0.4, -0.2) is 19.6 Å². The summed E-state index contributed by atoms with van der Waals surface area (Å²) in [7, 11) is 1.37. The minimum Gasteiger partial charge on any atom is -0.465 e. The third kappa shape index (κ3) is 4.39. The lowest BCUT2D eigenvalue weighted by molar-refractivity contribution is 0.0599. The first kappa shape index (κ1) is 15.8. The van der Waals surface area contributed by atoms with E-state index >= 15 is 0 Å². The van der Waals surface area contributed by atoms with Gasteiger partial charge in [0.05, 0.1) is 13.7 Å². The minimum atomic E-state index is -0.351. The van der Waals surface area contributed by atoms with Crippen molar-refractivity contribution >= 4 is 5.97 Å². The lowest BCUT2D eigenvalue weighted by Gasteiger charge is -2.27. The number of nitrogens with one attached hydrogen (secondary N) is 1. The zero-order chi connectivity index (χ0) is 14.6. The molecule has 1 N–H and O–H groups in total. The summed E-state index contributed by atoms with van der Waals surface area (Å²) in [5, 5.41) is 3.36. The Bertz CT molecular complexity index is 429. The molecular formula is C15H25NO3. The summed E-state index contributed by atoms with van der Waals surface area (Å²) in [6, 6.07) is 1.75. The Morgan fingerprint density at radius 3 is 2.63 bits per heavy atom. The van der Waals surface area contributed by atoms with E-state index in [0.29, 0.717) is 23.8 Å². The first-order chi connectivity index (χ1) is 8.75. The van der Waals surface area contributed by atoms with E-state index in [9.17, 15) is 4.79 Å². The third-order valence-electron chi connectivity index (χ3n) is 3.60. The Hall–Kier alpha value is -1.29. The number of carbonyl (C=O) groups is 1. The van der Waals surface area contributed by atoms with E-state index in [1.165, 1.54) is 7.11 Å². The minimum absolute atomic E-state index is 0.281. The number of rotatable bonds is 5. The van der Waals surface area contributed by atoms with Gasteiger partial charge in [-0.15, -0.1) is 0 Å². The fourth-order valence-corrected chi connectivity index (χ4v) is 1.66. The largest absolute Gasteiger partial charge is 0.465 e. The van der Waals surface area contributed by atoms with Gasteiger partial charge in [0.25, 0.3) is 0 Å². The van der Waals surface area contributed by atoms with Gasteiger partial charge in [0.15, 0.2) is 0 Å². The van der Waals surface area contributed by atoms with E-state index in [1.807, 2.05) is 0 Å². The maximum absolute atomic E-state index is 11.5. The van der Waals surface area contributed by atoms with Crippen LogP contribution in [0.1, 0.15) is 49.6 Å². The van der Waals surface area contributed by atoms with Gasteiger partial charge in [-0.25, -0.2) is 4.79 Å². The Morgan fingerprint density at radius 2 is 2.11 bits per heavy atom. The summed E-state index contributed by atoms with van der Waals surface area (Å²) in [4.78, 5) is 11.5. The van der Waals surface area contributed by atoms with Crippen LogP contribution in [0.4, 0.5) is 0 Å². The van der Waals surface area contributed by atoms with Gasteiger partial charge in [0.2, 0.25) is 0 Å². The van der Waals surface area contributed by atoms with Crippen molar-refractivity contribution in [2.45, 2.75) is 41.2 Å². The molecule has 1 aromatic heterocycles. The molecule has 1 rings (SSSR count). The van der Waals surface area contributed by atoms with Crippen molar-refractivity contribution in [1.29, 1.82) is 0 Å². The van der Waals surface area contributed by atoms with Crippen LogP contribution in [0, 0.1) is 18.3 Å². The van der Waals surface area contributed by atoms with Crippen molar-refractivity contribution < 1.29 is 13.9 Å². The van der Waals surface area contributed by atoms with E-state index < -0.39 is 0 Å². The molecule has 0 saturated carbocycles. The van der Waals surface area contributed by atoms with Crippen LogP contribution >= 0.6 is 0 Å². The van der Waals surface area contributed by atoms with Crippen molar-refractivity contribution in [3.05, 3.63) is 23.2 Å². The molecular weight excluding hydrogens is 242 g/mol. The van der Waals surface area contributed by atoms with E-state index in [0.717, 1.165) is 12.3 Å². The van der Waals surface area contributed by atoms with Crippen LogP contribution in [0.5, 0.6) is 0 Å². The summed E-state index contributed by atoms with van der Waals surface area (Å²) in [5.74, 6) is 1.57. The molecule has 4 heteroatoms. The number of esters is 1. The molecule has 0 spiro atoms. The smallest absolute Gasteiger partial charge is 0.341 e. The van der Waals surface area contributed by atoms with E-state index in [4.69, 9.17) is 9.15 Å². The first-order valence-electron chi connectivity index (χ1n) is 6.64. The summed E-state index contributed by atoms with van der Waals surface area (Å²) in [6.07, 6.45) is 0. The zero-order valence-electron chi connectivity index (χ0n) is 12.8. The van der Waals surface area contributed by atoms with E-state index in [-0.39, 0.29) is 11.4 Å². The summed E-state index contributed by atoms with van der Waals surface area (Å²) in [6.45, 7) is 12.2. The molecule has 0 bridgehead atoms. The highest BCUT2D eigenvalue weighted by molar-refractivity contribution is 5.90. The monoisotopic (exact) mass is 267 g/mol. The Kier molecular flexibility index (Phi) is 5.18. The Balaban J connectivity index is 2.53. The number of hydrogen-bond acceptors (Lipinski definition) is 4. The number of hydrogen-bond donors (Lipinski definition) is 1. The van der Waals surface area contributed by atoms with Gasteiger partial charge in [-0.1, -0.05) is 27.7 Å². The SMILES string of the molecule is COC(=O)c1cc(CNCC(C)C(C)(C)C)oc1C. The fraction of sp³-hybridized carbons (Fsp3) is 0.667. The van der Waals surface area contributed by atoms with Crippen molar-refractivity contribution in [3.8, 4) is 0 Å². The van der Waals surface area contributed by atoms with Crippen LogP contribution in [-0.2, 0) is 11.3 Å². The molecule has 19 heavy (non-hydrogen) atoms. The predicted octanol–water partition coefficient (Wildman–Crippen LogP) is 3.15. The molecule has 1 atom stereocenters. The zero-order valence-corrected chi connectivity index (χ0v) is 12.8. The molecule has 0 saturated heterocycles. The number of furan rings is 1. The standard InChI is InChI=1S/C15H25NO3/c1-10(15(3,4)5)8-16-9-12-7-13(11(2)19-12)14(17)18-6/h7,10,16H,8-9H2,1-6H3. The van der Waals surface area contributed by atoms with Gasteiger partial charge in [0.1, 0.15) is 17.1 Å². The van der Waals surface area contributed by atoms with Crippen LogP contribution in [0.25, 0.3) is 0 Å². The predicted molar refractivity (Wildman–Crippen MR) is 75.1 cm³/mol. The quantitative estimate of drug-likeness (QED) is 0.833. The van der Waals surface area contributed by atoms with Crippen molar-refractivity contribution in [3.63, 3.8) is 0 Å². The van der Waals surface area contributed by atoms with Crippen molar-refractivity contribution in [2.75, 3.05) is 13.7 Å². The second-order valence-corrected chi connectivity index (χ2v) is 6.07. The molecule has 0 fully saturated rings. The Morgan fingerprint density at radius 1 is 1.47 bits per heavy atom. The van der Waals surface area contributed by atoms with Crippen molar-refractivity contribution in [1.82, 2.24) is 5.32 Å². The van der Waals surface area contributed by atoms with Gasteiger partial charge in [-0.3, -0.25) is 0 Å². The molecule has 0 aromatic carbocycles. The van der Waals surface area contributed by atoms with E-state index in [2.05, 4.69) is 33.0 Å². The average molecular weight is 267 g/mol. The normalized spacial score (nSPS) is 13.4. The van der Waals surface area contributed by atoms with Crippen LogP contribution < -0.4 is 5.32 Å². The van der Waals surface area contributed by atoms with Gasteiger partial charge in [0, 0.05) is 0 Å². The topological polar surface area (TPSA) is 51.5 Å². The number of methoxy groups -OCH3 is 1. The maximum Gasteiger partial charge on any atom is 0.341 e. The maximum atomic E-state index is 11.5. The Labute approximate surface area is 115 Å². The lowest BCUT2D eigenvalue weighted by atomic mass is 9.82. The van der Waals surface area contributed by atoms with Crippen LogP contribution in [0.2, 0.25) is 0 Å². The highest BCUT2D eigenvalue weighted by Crippen LogP contribution is 2.24. The molecule has 4 nitrogen and oxygen atoms in total. The highest BCUT2D eigenvalue weighted by Gasteiger charge is 2.20. The van der Waals surface area contributed by atoms with Gasteiger partial charge in [-0.05, 0) is 30.9 Å². The molecule has 1 unspecified atom stereocenters. The van der Waals surface area contributed by atoms with Crippen molar-refractivity contribution in [2.24, 2.45) is 11.3 Å². The number of aryl methyl sites for hydroxylation is 1. The average Bonchev–Trinajstić information content (AvgIpc) is 2.68.